The van der Waals surface area contributed by atoms with Crippen molar-refractivity contribution in [2.24, 2.45) is 44.8 Å². The molecule has 0 amide bonds. The Hall–Kier alpha value is -4.93. The molecule has 312 valence electrons. The van der Waals surface area contributed by atoms with Gasteiger partial charge in [-0.1, -0.05) is 94.1 Å². The zero-order valence-corrected chi connectivity index (χ0v) is 35.0. The Morgan fingerprint density at radius 3 is 2.73 bits per heavy atom. The molecule has 60 heavy (non-hydrogen) atoms. The summed E-state index contributed by atoms with van der Waals surface area (Å²) in [7, 11) is 0. The van der Waals surface area contributed by atoms with Gasteiger partial charge >= 0.3 is 0 Å². The van der Waals surface area contributed by atoms with Crippen LogP contribution < -0.4 is 15.2 Å². The summed E-state index contributed by atoms with van der Waals surface area (Å²) in [6.07, 6.45) is 22.1. The lowest BCUT2D eigenvalue weighted by Crippen LogP contribution is -2.47. The van der Waals surface area contributed by atoms with E-state index in [0.717, 1.165) is 102 Å². The fourth-order valence-electron chi connectivity index (χ4n) is 10.6. The molecule has 5 heterocycles. The van der Waals surface area contributed by atoms with E-state index in [4.69, 9.17) is 20.2 Å². The number of aryl methyl sites for hydroxylation is 1. The summed E-state index contributed by atoms with van der Waals surface area (Å²) in [5.41, 5.74) is 13.9. The molecule has 1 saturated carbocycles. The Labute approximate surface area is 354 Å². The minimum atomic E-state index is -1.04. The van der Waals surface area contributed by atoms with Crippen molar-refractivity contribution in [1.29, 1.82) is 0 Å². The largest absolute Gasteiger partial charge is 0.465 e. The van der Waals surface area contributed by atoms with Gasteiger partial charge in [-0.25, -0.2) is 0 Å². The number of benzene rings is 2. The van der Waals surface area contributed by atoms with E-state index in [2.05, 4.69) is 66.0 Å². The molecule has 0 unspecified atom stereocenters. The number of carbonyl (C=O) groups excluding carboxylic acids is 1. The van der Waals surface area contributed by atoms with Gasteiger partial charge in [0.1, 0.15) is 24.2 Å². The van der Waals surface area contributed by atoms with Crippen LogP contribution in [-0.4, -0.2) is 52.2 Å². The van der Waals surface area contributed by atoms with Gasteiger partial charge in [0.25, 0.3) is 0 Å². The first-order valence-corrected chi connectivity index (χ1v) is 22.4. The third-order valence-electron chi connectivity index (χ3n) is 14.2. The number of unbranched alkanes of at least 4 members (excludes halogenated alkanes) is 2. The number of fused-ring (bicyclic) bond motifs is 8. The van der Waals surface area contributed by atoms with E-state index in [9.17, 15) is 15.0 Å². The molecule has 0 radical (unpaired) electrons. The number of ether oxygens (including phenoxy) is 2. The van der Waals surface area contributed by atoms with Crippen molar-refractivity contribution in [3.63, 3.8) is 0 Å². The number of aliphatic hydroxyl groups is 2. The molecule has 2 aromatic rings. The lowest BCUT2D eigenvalue weighted by Gasteiger charge is -2.39. The Kier molecular flexibility index (Phi) is 11.6. The van der Waals surface area contributed by atoms with Crippen LogP contribution in [0, 0.1) is 53.0 Å². The minimum absolute atomic E-state index is 0.0154. The van der Waals surface area contributed by atoms with Crippen molar-refractivity contribution >= 4 is 18.2 Å². The molecule has 0 aromatic heterocycles. The summed E-state index contributed by atoms with van der Waals surface area (Å²) < 4.78 is 13.4. The van der Waals surface area contributed by atoms with Crippen LogP contribution in [0.4, 0.5) is 0 Å². The summed E-state index contributed by atoms with van der Waals surface area (Å²) in [5.74, 6) is 11.4. The van der Waals surface area contributed by atoms with Crippen molar-refractivity contribution in [1.82, 2.24) is 4.90 Å². The lowest BCUT2D eigenvalue weighted by molar-refractivity contribution is -0.127. The van der Waals surface area contributed by atoms with Crippen molar-refractivity contribution in [2.75, 3.05) is 6.54 Å². The topological polar surface area (TPSA) is 130 Å². The van der Waals surface area contributed by atoms with Crippen molar-refractivity contribution in [2.45, 2.75) is 128 Å². The number of aliphatic hydroxyl groups excluding tert-OH is 2. The molecule has 8 atom stereocenters. The fourth-order valence-corrected chi connectivity index (χ4v) is 10.6. The van der Waals surface area contributed by atoms with Crippen LogP contribution in [0.5, 0.6) is 11.5 Å². The van der Waals surface area contributed by atoms with Crippen LogP contribution in [0.3, 0.4) is 0 Å². The third kappa shape index (κ3) is 7.89. The number of nitrogens with zero attached hydrogens (tertiary/aromatic N) is 3. The molecular formula is C51H58N4O5. The van der Waals surface area contributed by atoms with Gasteiger partial charge in [0, 0.05) is 61.8 Å². The normalized spacial score (nSPS) is 27.7. The molecule has 9 rings (SSSR count). The van der Waals surface area contributed by atoms with Crippen LogP contribution in [0.2, 0.25) is 0 Å². The number of ketones is 1. The van der Waals surface area contributed by atoms with E-state index < -0.39 is 35.9 Å². The lowest BCUT2D eigenvalue weighted by atomic mass is 9.73. The van der Waals surface area contributed by atoms with Gasteiger partial charge in [-0.05, 0) is 90.0 Å². The second-order valence-electron chi connectivity index (χ2n) is 18.1. The maximum absolute atomic E-state index is 14.0. The standard InChI is InChI=1S/C51H58N4O5/c1-3-4-5-8-39(48(58)34-13-9-32(2)10-14-34)45(57)18-11-33-12-20-46-47(27-33)60-50-42(51(24-26-59-46)22-6-7-23-51)17-19-44(56)37-15-16-38-36(21-25-53-49(38)52)40(37)28-35-29-54-43-31-55(50)30-41(35)43/h9,12-13,15-16,20,25,27,29,31-32,34,39,42,44,48-50,56,58H,3-8,10-11,14,18,21-23,28,30,52H2,1-2H3/t32-,34+,39+,42-,44-,48+,49-,50+/m0/s1. The van der Waals surface area contributed by atoms with Crippen molar-refractivity contribution < 1.29 is 24.5 Å². The SMILES string of the molecule is CCCCC[C@H](C(=O)CCc1ccc2c(c1)O[C@@H]1[C@H](C#C[C@H](O)c3ccc4c(c3CC3=C5CN1C=C5N=C3)CC=N[C@@H]4N)C1(C#CO2)CCCC1)[C@H](O)[C@@H]1C=C[C@H](C)CC1. The number of hydrogen-bond acceptors (Lipinski definition) is 9. The highest BCUT2D eigenvalue weighted by Crippen LogP contribution is 2.49. The average Bonchev–Trinajstić information content (AvgIpc) is 4.00. The van der Waals surface area contributed by atoms with E-state index in [1.807, 2.05) is 42.8 Å². The van der Waals surface area contributed by atoms with Crippen LogP contribution >= 0.6 is 0 Å². The Balaban J connectivity index is 1.05. The number of Topliss-reactive ketones (excluding diaryl/α,β-unsaturated/α-hetero) is 1. The first kappa shape index (κ1) is 40.5. The van der Waals surface area contributed by atoms with Crippen molar-refractivity contribution in [3.8, 4) is 35.4 Å². The van der Waals surface area contributed by atoms with Crippen LogP contribution in [0.25, 0.3) is 0 Å². The summed E-state index contributed by atoms with van der Waals surface area (Å²) in [5, 5.41) is 23.6. The Morgan fingerprint density at radius 2 is 1.92 bits per heavy atom. The molecule has 2 aliphatic carbocycles. The number of allylic oxidation sites excluding steroid dienone is 2. The smallest absolute Gasteiger partial charge is 0.187 e. The van der Waals surface area contributed by atoms with E-state index in [-0.39, 0.29) is 17.6 Å². The first-order chi connectivity index (χ1) is 29.2. The molecule has 2 bridgehead atoms. The third-order valence-corrected chi connectivity index (χ3v) is 14.2. The van der Waals surface area contributed by atoms with E-state index in [1.165, 1.54) is 0 Å². The maximum atomic E-state index is 14.0. The number of carbonyl (C=O) groups is 1. The molecule has 9 heteroatoms. The first-order valence-electron chi connectivity index (χ1n) is 22.4. The van der Waals surface area contributed by atoms with Crippen LogP contribution in [0.1, 0.15) is 125 Å². The molecule has 0 saturated heterocycles. The maximum Gasteiger partial charge on any atom is 0.187 e. The summed E-state index contributed by atoms with van der Waals surface area (Å²) in [6.45, 7) is 4.96. The van der Waals surface area contributed by atoms with Gasteiger partial charge in [-0.15, -0.1) is 0 Å². The predicted molar refractivity (Wildman–Crippen MR) is 234 cm³/mol. The molecule has 5 aliphatic heterocycles. The zero-order valence-electron chi connectivity index (χ0n) is 35.0. The number of aliphatic imine (C=N–C) groups is 2. The molecular weight excluding hydrogens is 749 g/mol. The molecule has 1 fully saturated rings. The number of nitrogens with two attached hydrogens (primary N) is 1. The number of rotatable bonds is 10. The van der Waals surface area contributed by atoms with Crippen LogP contribution in [0.15, 0.2) is 75.5 Å². The fraction of sp³-hybridized carbons (Fsp3) is 0.510. The zero-order chi connectivity index (χ0) is 41.4. The second-order valence-corrected chi connectivity index (χ2v) is 18.1. The molecule has 4 N–H and O–H groups in total. The van der Waals surface area contributed by atoms with E-state index in [0.29, 0.717) is 56.1 Å². The van der Waals surface area contributed by atoms with Gasteiger partial charge in [-0.2, -0.15) is 0 Å². The van der Waals surface area contributed by atoms with Gasteiger partial charge in [-0.3, -0.25) is 14.8 Å². The average molecular weight is 807 g/mol. The molecule has 2 aromatic carbocycles. The van der Waals surface area contributed by atoms with Gasteiger partial charge in [0.2, 0.25) is 0 Å². The molecule has 9 nitrogen and oxygen atoms in total. The highest BCUT2D eigenvalue weighted by atomic mass is 16.5. The predicted octanol–water partition coefficient (Wildman–Crippen LogP) is 8.00. The summed E-state index contributed by atoms with van der Waals surface area (Å²) in [4.78, 5) is 25.6. The van der Waals surface area contributed by atoms with Crippen LogP contribution in [-0.2, 0) is 24.1 Å². The van der Waals surface area contributed by atoms with E-state index >= 15 is 0 Å². The summed E-state index contributed by atoms with van der Waals surface area (Å²) >= 11 is 0. The molecule has 1 spiro atoms. The van der Waals surface area contributed by atoms with Gasteiger partial charge in [0.05, 0.1) is 23.1 Å². The van der Waals surface area contributed by atoms with Gasteiger partial charge < -0.3 is 30.3 Å². The Morgan fingerprint density at radius 1 is 1.07 bits per heavy atom. The van der Waals surface area contributed by atoms with E-state index in [1.54, 1.807) is 0 Å². The highest BCUT2D eigenvalue weighted by Gasteiger charge is 2.48. The monoisotopic (exact) mass is 806 g/mol. The Bertz CT molecular complexity index is 2290. The highest BCUT2D eigenvalue weighted by molar-refractivity contribution is 5.88. The quantitative estimate of drug-likeness (QED) is 0.126. The summed E-state index contributed by atoms with van der Waals surface area (Å²) in [6, 6.07) is 9.84. The number of hydrogen-bond donors (Lipinski definition) is 3. The minimum Gasteiger partial charge on any atom is -0.465 e. The van der Waals surface area contributed by atoms with Gasteiger partial charge in [0.15, 0.2) is 17.7 Å². The molecule has 7 aliphatic rings. The van der Waals surface area contributed by atoms with Crippen molar-refractivity contribution in [3.05, 3.63) is 93.3 Å². The second kappa shape index (κ2) is 17.2.